The highest BCUT2D eigenvalue weighted by atomic mass is 32.2. The van der Waals surface area contributed by atoms with Crippen LogP contribution in [0.4, 0.5) is 5.69 Å². The maximum absolute atomic E-state index is 11.6. The average Bonchev–Trinajstić information content (AvgIpc) is 2.28. The Morgan fingerprint density at radius 2 is 1.88 bits per heavy atom. The zero-order chi connectivity index (χ0) is 13.1. The first-order valence-electron chi connectivity index (χ1n) is 4.96. The highest BCUT2D eigenvalue weighted by Crippen LogP contribution is 2.13. The number of nitrogens with two attached hydrogens (primary N) is 1. The summed E-state index contributed by atoms with van der Waals surface area (Å²) in [7, 11) is -3.35. The SMILES string of the molecule is CC(C)S(=O)(=O)Nc1ccc(/C(N)=N/O)cc1. The van der Waals surface area contributed by atoms with Gasteiger partial charge in [0.05, 0.1) is 5.25 Å². The molecule has 0 aliphatic heterocycles. The molecule has 0 bridgehead atoms. The topological polar surface area (TPSA) is 105 Å². The first-order chi connectivity index (χ1) is 7.86. The van der Waals surface area contributed by atoms with Crippen LogP contribution in [0.2, 0.25) is 0 Å². The molecular weight excluding hydrogens is 242 g/mol. The van der Waals surface area contributed by atoms with Gasteiger partial charge in [0.15, 0.2) is 5.84 Å². The van der Waals surface area contributed by atoms with Gasteiger partial charge in [-0.15, -0.1) is 0 Å². The summed E-state index contributed by atoms with van der Waals surface area (Å²) in [6, 6.07) is 6.22. The minimum Gasteiger partial charge on any atom is -0.409 e. The Hall–Kier alpha value is -1.76. The number of nitrogens with one attached hydrogen (secondary N) is 1. The van der Waals surface area contributed by atoms with Gasteiger partial charge in [-0.05, 0) is 38.1 Å². The molecular formula is C10H15N3O3S. The van der Waals surface area contributed by atoms with E-state index in [1.54, 1.807) is 38.1 Å². The Kier molecular flexibility index (Phi) is 3.95. The Morgan fingerprint density at radius 3 is 2.29 bits per heavy atom. The third-order valence-electron chi connectivity index (χ3n) is 2.17. The maximum atomic E-state index is 11.6. The molecule has 0 fully saturated rings. The highest BCUT2D eigenvalue weighted by Gasteiger charge is 2.15. The van der Waals surface area contributed by atoms with E-state index in [1.165, 1.54) is 0 Å². The van der Waals surface area contributed by atoms with Crippen LogP contribution >= 0.6 is 0 Å². The first-order valence-corrected chi connectivity index (χ1v) is 6.51. The number of rotatable bonds is 4. The lowest BCUT2D eigenvalue weighted by Gasteiger charge is -2.10. The Bertz CT molecular complexity index is 506. The van der Waals surface area contributed by atoms with Crippen LogP contribution in [-0.4, -0.2) is 24.7 Å². The summed E-state index contributed by atoms with van der Waals surface area (Å²) in [6.45, 7) is 3.18. The van der Waals surface area contributed by atoms with E-state index in [2.05, 4.69) is 9.88 Å². The molecule has 1 rings (SSSR count). The molecule has 1 aromatic rings. The van der Waals surface area contributed by atoms with Crippen LogP contribution in [0.15, 0.2) is 29.4 Å². The first kappa shape index (κ1) is 13.3. The van der Waals surface area contributed by atoms with Gasteiger partial charge in [0, 0.05) is 11.3 Å². The predicted octanol–water partition coefficient (Wildman–Crippen LogP) is 0.931. The van der Waals surface area contributed by atoms with E-state index in [-0.39, 0.29) is 5.84 Å². The fraction of sp³-hybridized carbons (Fsp3) is 0.300. The molecule has 0 aliphatic carbocycles. The second-order valence-corrected chi connectivity index (χ2v) is 6.00. The van der Waals surface area contributed by atoms with Crippen LogP contribution in [0, 0.1) is 0 Å². The number of hydrogen-bond donors (Lipinski definition) is 3. The van der Waals surface area contributed by atoms with Crippen molar-refractivity contribution in [1.82, 2.24) is 0 Å². The van der Waals surface area contributed by atoms with Crippen molar-refractivity contribution in [1.29, 1.82) is 0 Å². The summed E-state index contributed by atoms with van der Waals surface area (Å²) in [5.41, 5.74) is 6.33. The summed E-state index contributed by atoms with van der Waals surface area (Å²) < 4.78 is 25.6. The molecule has 6 nitrogen and oxygen atoms in total. The fourth-order valence-electron chi connectivity index (χ4n) is 1.05. The van der Waals surface area contributed by atoms with Crippen LogP contribution in [0.1, 0.15) is 19.4 Å². The van der Waals surface area contributed by atoms with E-state index in [0.717, 1.165) is 0 Å². The van der Waals surface area contributed by atoms with Gasteiger partial charge < -0.3 is 10.9 Å². The highest BCUT2D eigenvalue weighted by molar-refractivity contribution is 7.93. The zero-order valence-corrected chi connectivity index (χ0v) is 10.4. The Morgan fingerprint density at radius 1 is 1.35 bits per heavy atom. The molecule has 4 N–H and O–H groups in total. The van der Waals surface area contributed by atoms with Crippen molar-refractivity contribution in [3.63, 3.8) is 0 Å². The monoisotopic (exact) mass is 257 g/mol. The lowest BCUT2D eigenvalue weighted by atomic mass is 10.2. The van der Waals surface area contributed by atoms with Crippen LogP contribution in [-0.2, 0) is 10.0 Å². The number of amidine groups is 1. The van der Waals surface area contributed by atoms with E-state index in [1.807, 2.05) is 0 Å². The molecule has 0 heterocycles. The van der Waals surface area contributed by atoms with Crippen LogP contribution in [0.5, 0.6) is 0 Å². The molecule has 1 aromatic carbocycles. The van der Waals surface area contributed by atoms with E-state index in [0.29, 0.717) is 11.3 Å². The second-order valence-electron chi connectivity index (χ2n) is 3.76. The average molecular weight is 257 g/mol. The molecule has 17 heavy (non-hydrogen) atoms. The van der Waals surface area contributed by atoms with Gasteiger partial charge in [-0.2, -0.15) is 0 Å². The molecule has 0 amide bonds. The van der Waals surface area contributed by atoms with E-state index < -0.39 is 15.3 Å². The van der Waals surface area contributed by atoms with Gasteiger partial charge in [0.2, 0.25) is 10.0 Å². The predicted molar refractivity (Wildman–Crippen MR) is 66.6 cm³/mol. The van der Waals surface area contributed by atoms with Gasteiger partial charge in [-0.25, -0.2) is 8.42 Å². The number of nitrogens with zero attached hydrogens (tertiary/aromatic N) is 1. The quantitative estimate of drug-likeness (QED) is 0.323. The molecule has 7 heteroatoms. The summed E-state index contributed by atoms with van der Waals surface area (Å²) in [5.74, 6) is -0.0248. The number of benzene rings is 1. The smallest absolute Gasteiger partial charge is 0.235 e. The molecule has 94 valence electrons. The molecule has 0 aromatic heterocycles. The number of oxime groups is 1. The maximum Gasteiger partial charge on any atom is 0.235 e. The number of sulfonamides is 1. The minimum atomic E-state index is -3.35. The molecule has 0 aliphatic rings. The van der Waals surface area contributed by atoms with E-state index in [9.17, 15) is 8.42 Å². The molecule has 0 spiro atoms. The van der Waals surface area contributed by atoms with Gasteiger partial charge in [0.25, 0.3) is 0 Å². The van der Waals surface area contributed by atoms with Crippen LogP contribution in [0.3, 0.4) is 0 Å². The van der Waals surface area contributed by atoms with Gasteiger partial charge in [0.1, 0.15) is 0 Å². The van der Waals surface area contributed by atoms with Crippen molar-refractivity contribution in [2.45, 2.75) is 19.1 Å². The van der Waals surface area contributed by atoms with Crippen LogP contribution < -0.4 is 10.5 Å². The minimum absolute atomic E-state index is 0.0248. The van der Waals surface area contributed by atoms with Gasteiger partial charge in [-0.3, -0.25) is 4.72 Å². The van der Waals surface area contributed by atoms with E-state index >= 15 is 0 Å². The molecule has 0 unspecified atom stereocenters. The summed E-state index contributed by atoms with van der Waals surface area (Å²) in [5, 5.41) is 10.8. The molecule has 0 atom stereocenters. The lowest BCUT2D eigenvalue weighted by Crippen LogP contribution is -2.22. The van der Waals surface area contributed by atoms with Crippen molar-refractivity contribution >= 4 is 21.5 Å². The third-order valence-corrected chi connectivity index (χ3v) is 3.93. The Labute approximate surface area is 100 Å². The lowest BCUT2D eigenvalue weighted by molar-refractivity contribution is 0.318. The van der Waals surface area contributed by atoms with Crippen molar-refractivity contribution in [2.24, 2.45) is 10.9 Å². The molecule has 0 saturated heterocycles. The largest absolute Gasteiger partial charge is 0.409 e. The van der Waals surface area contributed by atoms with Crippen molar-refractivity contribution in [3.05, 3.63) is 29.8 Å². The summed E-state index contributed by atoms with van der Waals surface area (Å²) in [6.07, 6.45) is 0. The van der Waals surface area contributed by atoms with Gasteiger partial charge in [-0.1, -0.05) is 5.16 Å². The molecule has 0 saturated carbocycles. The van der Waals surface area contributed by atoms with Crippen molar-refractivity contribution in [2.75, 3.05) is 4.72 Å². The van der Waals surface area contributed by atoms with Gasteiger partial charge >= 0.3 is 0 Å². The van der Waals surface area contributed by atoms with Crippen LogP contribution in [0.25, 0.3) is 0 Å². The fourth-order valence-corrected chi connectivity index (χ4v) is 1.75. The summed E-state index contributed by atoms with van der Waals surface area (Å²) in [4.78, 5) is 0. The van der Waals surface area contributed by atoms with E-state index in [4.69, 9.17) is 10.9 Å². The summed E-state index contributed by atoms with van der Waals surface area (Å²) >= 11 is 0. The second kappa shape index (κ2) is 5.05. The molecule has 0 radical (unpaired) electrons. The Balaban J connectivity index is 2.90. The standard InChI is InChI=1S/C10H15N3O3S/c1-7(2)17(15,16)13-9-5-3-8(4-6-9)10(11)12-14/h3-7,13-14H,1-2H3,(H2,11,12). The van der Waals surface area contributed by atoms with Crippen molar-refractivity contribution in [3.8, 4) is 0 Å². The normalized spacial score (nSPS) is 12.8. The number of anilines is 1. The third kappa shape index (κ3) is 3.35. The van der Waals surface area contributed by atoms with Crippen molar-refractivity contribution < 1.29 is 13.6 Å². The number of hydrogen-bond acceptors (Lipinski definition) is 4. The zero-order valence-electron chi connectivity index (χ0n) is 9.58.